The molecule has 26 heavy (non-hydrogen) atoms. The zero-order chi connectivity index (χ0) is 18.5. The summed E-state index contributed by atoms with van der Waals surface area (Å²) in [5, 5.41) is 9.13. The van der Waals surface area contributed by atoms with E-state index < -0.39 is 5.92 Å². The van der Waals surface area contributed by atoms with E-state index in [2.05, 4.69) is 16.0 Å². The number of benzene rings is 2. The Morgan fingerprint density at radius 2 is 1.85 bits per heavy atom. The molecule has 1 fully saturated rings. The zero-order valence-electron chi connectivity index (χ0n) is 14.3. The first-order chi connectivity index (χ1) is 12.6. The summed E-state index contributed by atoms with van der Waals surface area (Å²) in [5.74, 6) is 0.166. The first-order valence-corrected chi connectivity index (χ1v) is 8.69. The lowest BCUT2D eigenvalue weighted by Crippen LogP contribution is -2.52. The van der Waals surface area contributed by atoms with Crippen molar-refractivity contribution >= 4 is 29.2 Å². The van der Waals surface area contributed by atoms with Crippen molar-refractivity contribution < 1.29 is 14.3 Å². The number of methoxy groups -OCH3 is 1. The first kappa shape index (κ1) is 18.1. The van der Waals surface area contributed by atoms with Gasteiger partial charge in [-0.15, -0.1) is 0 Å². The number of rotatable bonds is 4. The molecule has 3 rings (SSSR count). The molecule has 1 aliphatic rings. The minimum absolute atomic E-state index is 0.0989. The number of halogens is 1. The normalized spacial score (nSPS) is 19.4. The topological polar surface area (TPSA) is 79.5 Å². The third-order valence-corrected chi connectivity index (χ3v) is 4.58. The Labute approximate surface area is 156 Å². The molecule has 2 atom stereocenters. The fraction of sp³-hybridized carbons (Fsp3) is 0.263. The molecule has 1 saturated heterocycles. The van der Waals surface area contributed by atoms with Gasteiger partial charge in [-0.2, -0.15) is 0 Å². The van der Waals surface area contributed by atoms with Gasteiger partial charge in [0.2, 0.25) is 5.91 Å². The van der Waals surface area contributed by atoms with Crippen LogP contribution in [0.25, 0.3) is 0 Å². The van der Waals surface area contributed by atoms with Crippen molar-refractivity contribution in [1.29, 1.82) is 0 Å². The molecule has 0 aliphatic carbocycles. The number of ether oxygens (including phenoxy) is 1. The predicted molar refractivity (Wildman–Crippen MR) is 101 cm³/mol. The van der Waals surface area contributed by atoms with Gasteiger partial charge in [-0.25, -0.2) is 4.79 Å². The number of anilines is 1. The van der Waals surface area contributed by atoms with Crippen LogP contribution in [0, 0.1) is 0 Å². The predicted octanol–water partition coefficient (Wildman–Crippen LogP) is 3.14. The summed E-state index contributed by atoms with van der Waals surface area (Å²) in [7, 11) is 1.59. The summed E-state index contributed by atoms with van der Waals surface area (Å²) < 4.78 is 5.16. The molecular weight excluding hydrogens is 354 g/mol. The molecule has 1 aliphatic heterocycles. The highest BCUT2D eigenvalue weighted by Gasteiger charge is 2.34. The van der Waals surface area contributed by atoms with Crippen LogP contribution in [0.3, 0.4) is 0 Å². The molecule has 2 aromatic carbocycles. The number of hydrogen-bond acceptors (Lipinski definition) is 3. The van der Waals surface area contributed by atoms with Gasteiger partial charge in [-0.1, -0.05) is 23.7 Å². The van der Waals surface area contributed by atoms with E-state index in [1.165, 1.54) is 0 Å². The second-order valence-corrected chi connectivity index (χ2v) is 6.48. The van der Waals surface area contributed by atoms with Gasteiger partial charge in [0.25, 0.3) is 0 Å². The van der Waals surface area contributed by atoms with E-state index in [-0.39, 0.29) is 18.0 Å². The van der Waals surface area contributed by atoms with Gasteiger partial charge in [0.05, 0.1) is 13.0 Å². The molecule has 3 amide bonds. The lowest BCUT2D eigenvalue weighted by atomic mass is 9.86. The van der Waals surface area contributed by atoms with Gasteiger partial charge >= 0.3 is 6.03 Å². The van der Waals surface area contributed by atoms with Crippen molar-refractivity contribution in [1.82, 2.24) is 10.6 Å². The van der Waals surface area contributed by atoms with Crippen molar-refractivity contribution in [3.8, 4) is 5.75 Å². The van der Waals surface area contributed by atoms with Crippen LogP contribution in [0.5, 0.6) is 5.75 Å². The van der Waals surface area contributed by atoms with Crippen LogP contribution in [0.15, 0.2) is 48.5 Å². The average molecular weight is 374 g/mol. The molecule has 0 saturated carbocycles. The molecular formula is C19H20ClN3O3. The van der Waals surface area contributed by atoms with E-state index in [0.29, 0.717) is 23.7 Å². The molecule has 0 bridgehead atoms. The molecule has 136 valence electrons. The Kier molecular flexibility index (Phi) is 5.63. The maximum absolute atomic E-state index is 12.4. The SMILES string of the molecule is COc1ccc(C2C(=O)NCC[C@H]2NC(=O)Nc2ccc(Cl)cc2)cc1. The van der Waals surface area contributed by atoms with Gasteiger partial charge in [-0.05, 0) is 48.4 Å². The number of piperidine rings is 1. The van der Waals surface area contributed by atoms with Gasteiger partial charge in [0.15, 0.2) is 0 Å². The smallest absolute Gasteiger partial charge is 0.319 e. The lowest BCUT2D eigenvalue weighted by Gasteiger charge is -2.32. The number of urea groups is 1. The Morgan fingerprint density at radius 1 is 1.15 bits per heavy atom. The van der Waals surface area contributed by atoms with Gasteiger partial charge in [0, 0.05) is 23.3 Å². The second-order valence-electron chi connectivity index (χ2n) is 6.04. The van der Waals surface area contributed by atoms with E-state index in [4.69, 9.17) is 16.3 Å². The van der Waals surface area contributed by atoms with Crippen LogP contribution >= 0.6 is 11.6 Å². The molecule has 0 spiro atoms. The summed E-state index contributed by atoms with van der Waals surface area (Å²) in [6, 6.07) is 13.5. The number of amides is 3. The maximum Gasteiger partial charge on any atom is 0.319 e. The monoisotopic (exact) mass is 373 g/mol. The summed E-state index contributed by atoms with van der Waals surface area (Å²) >= 11 is 5.85. The van der Waals surface area contributed by atoms with Gasteiger partial charge < -0.3 is 20.7 Å². The Balaban J connectivity index is 1.71. The van der Waals surface area contributed by atoms with Crippen LogP contribution in [0.4, 0.5) is 10.5 Å². The van der Waals surface area contributed by atoms with Crippen LogP contribution < -0.4 is 20.7 Å². The number of carbonyl (C=O) groups excluding carboxylic acids is 2. The maximum atomic E-state index is 12.4. The van der Waals surface area contributed by atoms with Crippen molar-refractivity contribution in [3.63, 3.8) is 0 Å². The van der Waals surface area contributed by atoms with Gasteiger partial charge in [-0.3, -0.25) is 4.79 Å². The number of carbonyl (C=O) groups is 2. The molecule has 6 nitrogen and oxygen atoms in total. The van der Waals surface area contributed by atoms with Crippen LogP contribution in [0.1, 0.15) is 17.9 Å². The Morgan fingerprint density at radius 3 is 2.50 bits per heavy atom. The summed E-state index contributed by atoms with van der Waals surface area (Å²) in [4.78, 5) is 24.8. The standard InChI is InChI=1S/C19H20ClN3O3/c1-26-15-8-2-12(3-9-15)17-16(10-11-21-18(17)24)23-19(25)22-14-6-4-13(20)5-7-14/h2-9,16-17H,10-11H2,1H3,(H,21,24)(H2,22,23,25)/t16-,17?/m1/s1. The van der Waals surface area contributed by atoms with E-state index in [1.54, 1.807) is 31.4 Å². The molecule has 0 aromatic heterocycles. The highest BCUT2D eigenvalue weighted by Crippen LogP contribution is 2.27. The molecule has 1 heterocycles. The Hall–Kier alpha value is -2.73. The first-order valence-electron chi connectivity index (χ1n) is 8.31. The van der Waals surface area contributed by atoms with Crippen LogP contribution in [-0.4, -0.2) is 31.6 Å². The van der Waals surface area contributed by atoms with Crippen molar-refractivity contribution in [3.05, 3.63) is 59.1 Å². The third-order valence-electron chi connectivity index (χ3n) is 4.33. The number of nitrogens with one attached hydrogen (secondary N) is 3. The summed E-state index contributed by atoms with van der Waals surface area (Å²) in [5.41, 5.74) is 1.47. The van der Waals surface area contributed by atoms with E-state index in [1.807, 2.05) is 24.3 Å². The van der Waals surface area contributed by atoms with Crippen molar-refractivity contribution in [2.75, 3.05) is 19.0 Å². The minimum Gasteiger partial charge on any atom is -0.497 e. The Bertz CT molecular complexity index is 778. The minimum atomic E-state index is -0.453. The van der Waals surface area contributed by atoms with E-state index in [9.17, 15) is 9.59 Å². The van der Waals surface area contributed by atoms with Crippen molar-refractivity contribution in [2.45, 2.75) is 18.4 Å². The molecule has 7 heteroatoms. The number of hydrogen-bond donors (Lipinski definition) is 3. The fourth-order valence-corrected chi connectivity index (χ4v) is 3.16. The lowest BCUT2D eigenvalue weighted by molar-refractivity contribution is -0.124. The summed E-state index contributed by atoms with van der Waals surface area (Å²) in [6.07, 6.45) is 0.649. The summed E-state index contributed by atoms with van der Waals surface area (Å²) in [6.45, 7) is 0.525. The van der Waals surface area contributed by atoms with Crippen LogP contribution in [0.2, 0.25) is 5.02 Å². The van der Waals surface area contributed by atoms with Gasteiger partial charge in [0.1, 0.15) is 5.75 Å². The molecule has 0 radical (unpaired) electrons. The van der Waals surface area contributed by atoms with E-state index >= 15 is 0 Å². The molecule has 1 unspecified atom stereocenters. The van der Waals surface area contributed by atoms with Crippen LogP contribution in [-0.2, 0) is 4.79 Å². The van der Waals surface area contributed by atoms with Crippen molar-refractivity contribution in [2.24, 2.45) is 0 Å². The highest BCUT2D eigenvalue weighted by atomic mass is 35.5. The fourth-order valence-electron chi connectivity index (χ4n) is 3.03. The quantitative estimate of drug-likeness (QED) is 0.770. The largest absolute Gasteiger partial charge is 0.497 e. The molecule has 2 aromatic rings. The third kappa shape index (κ3) is 4.26. The molecule has 3 N–H and O–H groups in total. The highest BCUT2D eigenvalue weighted by molar-refractivity contribution is 6.30. The second kappa shape index (κ2) is 8.10. The zero-order valence-corrected chi connectivity index (χ0v) is 15.0. The van der Waals surface area contributed by atoms with E-state index in [0.717, 1.165) is 11.3 Å². The average Bonchev–Trinajstić information content (AvgIpc) is 2.64.